The lowest BCUT2D eigenvalue weighted by molar-refractivity contribution is -0.150. The maximum atomic E-state index is 12.9. The molecule has 0 fully saturated rings. The minimum atomic E-state index is -1.34. The first-order valence-corrected chi connectivity index (χ1v) is 4.95. The molecule has 16 heavy (non-hydrogen) atoms. The van der Waals surface area contributed by atoms with Crippen molar-refractivity contribution < 1.29 is 23.4 Å². The van der Waals surface area contributed by atoms with Gasteiger partial charge in [0, 0.05) is 5.88 Å². The standard InChI is InChI=1S/C10H9ClF2O3/c11-3-4-16-9(10(14)15)6-1-2-7(12)8(13)5-6/h1-2,5,9H,3-4H2,(H,14,15). The van der Waals surface area contributed by atoms with Gasteiger partial charge in [0.15, 0.2) is 17.7 Å². The number of hydrogen-bond donors (Lipinski definition) is 1. The van der Waals surface area contributed by atoms with Gasteiger partial charge in [-0.15, -0.1) is 11.6 Å². The molecule has 0 bridgehead atoms. The third kappa shape index (κ3) is 3.15. The zero-order valence-electron chi connectivity index (χ0n) is 8.12. The van der Waals surface area contributed by atoms with Crippen molar-refractivity contribution in [3.05, 3.63) is 35.4 Å². The summed E-state index contributed by atoms with van der Waals surface area (Å²) in [6.07, 6.45) is -1.34. The number of halogens is 3. The molecular formula is C10H9ClF2O3. The quantitative estimate of drug-likeness (QED) is 0.816. The molecule has 1 rings (SSSR count). The van der Waals surface area contributed by atoms with Gasteiger partial charge in [-0.3, -0.25) is 0 Å². The Morgan fingerprint density at radius 2 is 2.12 bits per heavy atom. The predicted octanol–water partition coefficient (Wildman–Crippen LogP) is 2.35. The van der Waals surface area contributed by atoms with Crippen LogP contribution in [0.3, 0.4) is 0 Å². The number of alkyl halides is 1. The van der Waals surface area contributed by atoms with E-state index in [1.54, 1.807) is 0 Å². The molecule has 0 aliphatic heterocycles. The van der Waals surface area contributed by atoms with E-state index < -0.39 is 23.7 Å². The van der Waals surface area contributed by atoms with E-state index >= 15 is 0 Å². The Morgan fingerprint density at radius 3 is 2.62 bits per heavy atom. The summed E-state index contributed by atoms with van der Waals surface area (Å²) in [5.74, 6) is -3.31. The summed E-state index contributed by atoms with van der Waals surface area (Å²) in [5.41, 5.74) is 0.0384. The largest absolute Gasteiger partial charge is 0.479 e. The van der Waals surface area contributed by atoms with Gasteiger partial charge in [0.05, 0.1) is 6.61 Å². The summed E-state index contributed by atoms with van der Waals surface area (Å²) in [4.78, 5) is 10.8. The van der Waals surface area contributed by atoms with Crippen molar-refractivity contribution in [3.63, 3.8) is 0 Å². The molecule has 0 amide bonds. The number of hydrogen-bond acceptors (Lipinski definition) is 2. The molecule has 6 heteroatoms. The number of rotatable bonds is 5. The van der Waals surface area contributed by atoms with Crippen LogP contribution in [-0.2, 0) is 9.53 Å². The Bertz CT molecular complexity index is 384. The van der Waals surface area contributed by atoms with Crippen molar-refractivity contribution in [1.29, 1.82) is 0 Å². The average molecular weight is 251 g/mol. The Morgan fingerprint density at radius 1 is 1.44 bits per heavy atom. The summed E-state index contributed by atoms with van der Waals surface area (Å²) < 4.78 is 30.4. The van der Waals surface area contributed by atoms with Gasteiger partial charge in [0.2, 0.25) is 0 Å². The van der Waals surface area contributed by atoms with Crippen LogP contribution in [0.2, 0.25) is 0 Å². The summed E-state index contributed by atoms with van der Waals surface area (Å²) in [6, 6.07) is 2.80. The van der Waals surface area contributed by atoms with Crippen molar-refractivity contribution in [2.75, 3.05) is 12.5 Å². The second kappa shape index (κ2) is 5.77. The summed E-state index contributed by atoms with van der Waals surface area (Å²) in [5, 5.41) is 8.83. The molecule has 1 N–H and O–H groups in total. The van der Waals surface area contributed by atoms with Crippen molar-refractivity contribution >= 4 is 17.6 Å². The number of aliphatic carboxylic acids is 1. The highest BCUT2D eigenvalue weighted by molar-refractivity contribution is 6.17. The number of carboxylic acids is 1. The molecule has 3 nitrogen and oxygen atoms in total. The SMILES string of the molecule is O=C(O)C(OCCCl)c1ccc(F)c(F)c1. The van der Waals surface area contributed by atoms with E-state index in [0.717, 1.165) is 18.2 Å². The van der Waals surface area contributed by atoms with Gasteiger partial charge in [-0.2, -0.15) is 0 Å². The van der Waals surface area contributed by atoms with Crippen LogP contribution in [0.4, 0.5) is 8.78 Å². The molecule has 0 heterocycles. The van der Waals surface area contributed by atoms with E-state index in [1.807, 2.05) is 0 Å². The second-order valence-corrected chi connectivity index (χ2v) is 3.33. The van der Waals surface area contributed by atoms with Crippen molar-refractivity contribution in [2.45, 2.75) is 6.10 Å². The number of carboxylic acid groups (broad SMARTS) is 1. The third-order valence-corrected chi connectivity index (χ3v) is 1.99. The van der Waals surface area contributed by atoms with E-state index in [9.17, 15) is 13.6 Å². The molecule has 0 spiro atoms. The van der Waals surface area contributed by atoms with Gasteiger partial charge in [0.25, 0.3) is 0 Å². The van der Waals surface area contributed by atoms with Gasteiger partial charge in [-0.05, 0) is 17.7 Å². The average Bonchev–Trinajstić information content (AvgIpc) is 2.23. The molecule has 0 saturated carbocycles. The lowest BCUT2D eigenvalue weighted by atomic mass is 10.1. The molecule has 0 radical (unpaired) electrons. The van der Waals surface area contributed by atoms with E-state index in [1.165, 1.54) is 0 Å². The van der Waals surface area contributed by atoms with Crippen LogP contribution in [-0.4, -0.2) is 23.6 Å². The highest BCUT2D eigenvalue weighted by Gasteiger charge is 2.21. The number of ether oxygens (including phenoxy) is 1. The van der Waals surface area contributed by atoms with Gasteiger partial charge < -0.3 is 9.84 Å². The molecule has 0 aliphatic rings. The smallest absolute Gasteiger partial charge is 0.337 e. The highest BCUT2D eigenvalue weighted by atomic mass is 35.5. The second-order valence-electron chi connectivity index (χ2n) is 2.95. The highest BCUT2D eigenvalue weighted by Crippen LogP contribution is 2.20. The van der Waals surface area contributed by atoms with E-state index in [4.69, 9.17) is 21.4 Å². The Kier molecular flexibility index (Phi) is 4.64. The molecule has 1 atom stereocenters. The van der Waals surface area contributed by atoms with Crippen molar-refractivity contribution in [3.8, 4) is 0 Å². The fourth-order valence-corrected chi connectivity index (χ4v) is 1.24. The number of carbonyl (C=O) groups is 1. The van der Waals surface area contributed by atoms with E-state index in [-0.39, 0.29) is 18.1 Å². The van der Waals surface area contributed by atoms with Crippen molar-refractivity contribution in [1.82, 2.24) is 0 Å². The predicted molar refractivity (Wildman–Crippen MR) is 53.4 cm³/mol. The fourth-order valence-electron chi connectivity index (χ4n) is 1.15. The first-order valence-electron chi connectivity index (χ1n) is 4.41. The summed E-state index contributed by atoms with van der Waals surface area (Å²) in [6.45, 7) is 0.0114. The monoisotopic (exact) mass is 250 g/mol. The van der Waals surface area contributed by atoms with Crippen LogP contribution in [0, 0.1) is 11.6 Å². The van der Waals surface area contributed by atoms with Crippen LogP contribution in [0.5, 0.6) is 0 Å². The zero-order chi connectivity index (χ0) is 12.1. The van der Waals surface area contributed by atoms with Crippen molar-refractivity contribution in [2.24, 2.45) is 0 Å². The first-order chi connectivity index (χ1) is 7.56. The van der Waals surface area contributed by atoms with Crippen LogP contribution in [0.15, 0.2) is 18.2 Å². The van der Waals surface area contributed by atoms with E-state index in [2.05, 4.69) is 0 Å². The normalized spacial score (nSPS) is 12.4. The topological polar surface area (TPSA) is 46.5 Å². The van der Waals surface area contributed by atoms with Gasteiger partial charge in [-0.25, -0.2) is 13.6 Å². The van der Waals surface area contributed by atoms with Crippen LogP contribution in [0.1, 0.15) is 11.7 Å². The van der Waals surface area contributed by atoms with Gasteiger partial charge >= 0.3 is 5.97 Å². The maximum absolute atomic E-state index is 12.9. The summed E-state index contributed by atoms with van der Waals surface area (Å²) in [7, 11) is 0. The fraction of sp³-hybridized carbons (Fsp3) is 0.300. The molecule has 0 aromatic heterocycles. The Labute approximate surface area is 95.6 Å². The van der Waals surface area contributed by atoms with Crippen LogP contribution >= 0.6 is 11.6 Å². The molecule has 88 valence electrons. The molecule has 0 saturated heterocycles. The van der Waals surface area contributed by atoms with Crippen LogP contribution in [0.25, 0.3) is 0 Å². The molecule has 1 unspecified atom stereocenters. The van der Waals surface area contributed by atoms with Gasteiger partial charge in [-0.1, -0.05) is 6.07 Å². The summed E-state index contributed by atoms with van der Waals surface area (Å²) >= 11 is 5.34. The Hall–Kier alpha value is -1.20. The van der Waals surface area contributed by atoms with E-state index in [0.29, 0.717) is 0 Å². The lowest BCUT2D eigenvalue weighted by Gasteiger charge is -2.13. The minimum absolute atomic E-state index is 0.0114. The first kappa shape index (κ1) is 12.9. The molecule has 1 aromatic rings. The Balaban J connectivity index is 2.92. The van der Waals surface area contributed by atoms with Crippen LogP contribution < -0.4 is 0 Å². The third-order valence-electron chi connectivity index (χ3n) is 1.83. The maximum Gasteiger partial charge on any atom is 0.337 e. The molecule has 0 aliphatic carbocycles. The molecular weight excluding hydrogens is 242 g/mol. The molecule has 1 aromatic carbocycles. The minimum Gasteiger partial charge on any atom is -0.479 e. The number of benzene rings is 1. The van der Waals surface area contributed by atoms with Gasteiger partial charge in [0.1, 0.15) is 0 Å². The zero-order valence-corrected chi connectivity index (χ0v) is 8.88. The lowest BCUT2D eigenvalue weighted by Crippen LogP contribution is -2.16.